The Labute approximate surface area is 196 Å². The zero-order chi connectivity index (χ0) is 24.1. The number of amides is 1. The number of nitrogens with one attached hydrogen (secondary N) is 1. The van der Waals surface area contributed by atoms with E-state index in [9.17, 15) is 13.2 Å². The number of nitrogens with zero attached hydrogens (tertiary/aromatic N) is 4. The number of sulfonamides is 1. The normalized spacial score (nSPS) is 13.4. The summed E-state index contributed by atoms with van der Waals surface area (Å²) in [6, 6.07) is 6.90. The van der Waals surface area contributed by atoms with Gasteiger partial charge in [0.15, 0.2) is 11.0 Å². The van der Waals surface area contributed by atoms with Crippen LogP contribution >= 0.6 is 11.8 Å². The van der Waals surface area contributed by atoms with Crippen LogP contribution in [-0.4, -0.2) is 57.8 Å². The Bertz CT molecular complexity index is 1020. The van der Waals surface area contributed by atoms with Crippen molar-refractivity contribution in [2.45, 2.75) is 76.5 Å². The van der Waals surface area contributed by atoms with E-state index in [0.29, 0.717) is 29.6 Å². The van der Waals surface area contributed by atoms with Gasteiger partial charge in [0.05, 0.1) is 10.6 Å². The van der Waals surface area contributed by atoms with Crippen LogP contribution in [-0.2, 0) is 14.8 Å². The van der Waals surface area contributed by atoms with Gasteiger partial charge in [0.1, 0.15) is 0 Å². The van der Waals surface area contributed by atoms with E-state index in [1.54, 1.807) is 18.2 Å². The van der Waals surface area contributed by atoms with Crippen LogP contribution in [0.1, 0.15) is 60.9 Å². The molecule has 1 heterocycles. The highest BCUT2D eigenvalue weighted by molar-refractivity contribution is 7.99. The fourth-order valence-electron chi connectivity index (χ4n) is 3.24. The third-order valence-electron chi connectivity index (χ3n) is 4.98. The van der Waals surface area contributed by atoms with Crippen molar-refractivity contribution < 1.29 is 13.2 Å². The predicted octanol–water partition coefficient (Wildman–Crippen LogP) is 3.95. The Balaban J connectivity index is 2.41. The standard InChI is InChI=1S/C22H35N5O3S2/c1-8-16(4)27-20(24-25-21(27)31-15-19(28)23-22(5,6)7)17-12-11-13-18(14-17)32(29,30)26(9-2)10-3/h11-14,16H,8-10,15H2,1-7H3,(H,23,28). The molecule has 2 rings (SSSR count). The van der Waals surface area contributed by atoms with E-state index in [4.69, 9.17) is 0 Å². The summed E-state index contributed by atoms with van der Waals surface area (Å²) >= 11 is 1.33. The first-order valence-electron chi connectivity index (χ1n) is 10.9. The number of benzene rings is 1. The van der Waals surface area contributed by atoms with Crippen molar-refractivity contribution >= 4 is 27.7 Å². The summed E-state index contributed by atoms with van der Waals surface area (Å²) in [5.74, 6) is 0.743. The summed E-state index contributed by atoms with van der Waals surface area (Å²) in [5.41, 5.74) is 0.376. The van der Waals surface area contributed by atoms with Crippen LogP contribution in [0.3, 0.4) is 0 Å². The van der Waals surface area contributed by atoms with Crippen LogP contribution in [0.4, 0.5) is 0 Å². The van der Waals surface area contributed by atoms with Crippen LogP contribution in [0.2, 0.25) is 0 Å². The molecule has 8 nitrogen and oxygen atoms in total. The minimum Gasteiger partial charge on any atom is -0.351 e. The molecule has 0 saturated carbocycles. The van der Waals surface area contributed by atoms with E-state index < -0.39 is 10.0 Å². The lowest BCUT2D eigenvalue weighted by molar-refractivity contribution is -0.119. The van der Waals surface area contributed by atoms with Gasteiger partial charge >= 0.3 is 0 Å². The van der Waals surface area contributed by atoms with Crippen LogP contribution in [0.5, 0.6) is 0 Å². The second-order valence-corrected chi connectivity index (χ2v) is 11.5. The first-order chi connectivity index (χ1) is 14.9. The highest BCUT2D eigenvalue weighted by Crippen LogP contribution is 2.30. The van der Waals surface area contributed by atoms with Gasteiger partial charge in [-0.05, 0) is 46.2 Å². The third-order valence-corrected chi connectivity index (χ3v) is 7.97. The van der Waals surface area contributed by atoms with E-state index in [0.717, 1.165) is 6.42 Å². The molecule has 0 aliphatic rings. The van der Waals surface area contributed by atoms with Crippen molar-refractivity contribution in [1.82, 2.24) is 24.4 Å². The summed E-state index contributed by atoms with van der Waals surface area (Å²) in [5, 5.41) is 12.3. The van der Waals surface area contributed by atoms with Crippen molar-refractivity contribution in [2.24, 2.45) is 0 Å². The maximum absolute atomic E-state index is 13.0. The Morgan fingerprint density at radius 2 is 1.84 bits per heavy atom. The van der Waals surface area contributed by atoms with Gasteiger partial charge in [-0.25, -0.2) is 8.42 Å². The molecule has 1 atom stereocenters. The second kappa shape index (κ2) is 10.8. The highest BCUT2D eigenvalue weighted by Gasteiger charge is 2.24. The van der Waals surface area contributed by atoms with E-state index in [-0.39, 0.29) is 28.1 Å². The Morgan fingerprint density at radius 3 is 2.41 bits per heavy atom. The Kier molecular flexibility index (Phi) is 8.90. The van der Waals surface area contributed by atoms with Crippen LogP contribution in [0.25, 0.3) is 11.4 Å². The number of hydrogen-bond donors (Lipinski definition) is 1. The molecule has 0 fully saturated rings. The van der Waals surface area contributed by atoms with Crippen LogP contribution in [0, 0.1) is 0 Å². The smallest absolute Gasteiger partial charge is 0.243 e. The number of aromatic nitrogens is 3. The minimum atomic E-state index is -3.58. The number of carbonyl (C=O) groups is 1. The van der Waals surface area contributed by atoms with Crippen molar-refractivity contribution in [3.63, 3.8) is 0 Å². The quantitative estimate of drug-likeness (QED) is 0.516. The van der Waals surface area contributed by atoms with Gasteiger partial charge < -0.3 is 5.32 Å². The largest absolute Gasteiger partial charge is 0.351 e. The van der Waals surface area contributed by atoms with Gasteiger partial charge in [-0.15, -0.1) is 10.2 Å². The monoisotopic (exact) mass is 481 g/mol. The predicted molar refractivity (Wildman–Crippen MR) is 129 cm³/mol. The lowest BCUT2D eigenvalue weighted by atomic mass is 10.1. The molecule has 0 spiro atoms. The first-order valence-corrected chi connectivity index (χ1v) is 13.4. The zero-order valence-electron chi connectivity index (χ0n) is 20.0. The molecule has 1 aromatic heterocycles. The summed E-state index contributed by atoms with van der Waals surface area (Å²) < 4.78 is 29.4. The highest BCUT2D eigenvalue weighted by atomic mass is 32.2. The molecule has 0 saturated heterocycles. The maximum Gasteiger partial charge on any atom is 0.243 e. The van der Waals surface area contributed by atoms with Gasteiger partial charge in [-0.1, -0.05) is 44.7 Å². The first kappa shape index (κ1) is 26.3. The van der Waals surface area contributed by atoms with E-state index in [1.165, 1.54) is 16.1 Å². The summed E-state index contributed by atoms with van der Waals surface area (Å²) in [7, 11) is -3.58. The van der Waals surface area contributed by atoms with Gasteiger partial charge in [0.25, 0.3) is 0 Å². The zero-order valence-corrected chi connectivity index (χ0v) is 21.7. The SMILES string of the molecule is CCC(C)n1c(SCC(=O)NC(C)(C)C)nnc1-c1cccc(S(=O)(=O)N(CC)CC)c1. The maximum atomic E-state index is 13.0. The van der Waals surface area contributed by atoms with Crippen molar-refractivity contribution in [3.8, 4) is 11.4 Å². The molecule has 32 heavy (non-hydrogen) atoms. The molecule has 10 heteroatoms. The molecular formula is C22H35N5O3S2. The summed E-state index contributed by atoms with van der Waals surface area (Å²) in [4.78, 5) is 12.5. The lowest BCUT2D eigenvalue weighted by Crippen LogP contribution is -2.41. The molecule has 0 bridgehead atoms. The van der Waals surface area contributed by atoms with E-state index in [2.05, 4.69) is 29.4 Å². The summed E-state index contributed by atoms with van der Waals surface area (Å²) in [6.45, 7) is 14.4. The van der Waals surface area contributed by atoms with Gasteiger partial charge in [0, 0.05) is 30.2 Å². The topological polar surface area (TPSA) is 97.2 Å². The van der Waals surface area contributed by atoms with E-state index in [1.807, 2.05) is 45.3 Å². The fraction of sp³-hybridized carbons (Fsp3) is 0.591. The van der Waals surface area contributed by atoms with Gasteiger partial charge in [-0.2, -0.15) is 4.31 Å². The number of hydrogen-bond acceptors (Lipinski definition) is 6. The molecule has 1 unspecified atom stereocenters. The molecule has 1 N–H and O–H groups in total. The van der Waals surface area contributed by atoms with Crippen molar-refractivity contribution in [3.05, 3.63) is 24.3 Å². The van der Waals surface area contributed by atoms with Crippen LogP contribution in [0.15, 0.2) is 34.3 Å². The number of thioether (sulfide) groups is 1. The minimum absolute atomic E-state index is 0.0740. The average Bonchev–Trinajstić information content (AvgIpc) is 3.15. The summed E-state index contributed by atoms with van der Waals surface area (Å²) in [6.07, 6.45) is 0.838. The molecule has 178 valence electrons. The Hall–Kier alpha value is -1.91. The van der Waals surface area contributed by atoms with Gasteiger partial charge in [0.2, 0.25) is 15.9 Å². The van der Waals surface area contributed by atoms with E-state index >= 15 is 0 Å². The fourth-order valence-corrected chi connectivity index (χ4v) is 5.59. The second-order valence-electron chi connectivity index (χ2n) is 8.64. The molecule has 0 aliphatic carbocycles. The average molecular weight is 482 g/mol. The molecular weight excluding hydrogens is 446 g/mol. The molecule has 1 amide bonds. The Morgan fingerprint density at radius 1 is 1.19 bits per heavy atom. The molecule has 0 radical (unpaired) electrons. The number of rotatable bonds is 10. The van der Waals surface area contributed by atoms with Gasteiger partial charge in [-0.3, -0.25) is 9.36 Å². The van der Waals surface area contributed by atoms with Crippen molar-refractivity contribution in [2.75, 3.05) is 18.8 Å². The van der Waals surface area contributed by atoms with Crippen molar-refractivity contribution in [1.29, 1.82) is 0 Å². The molecule has 0 aliphatic heterocycles. The number of carbonyl (C=O) groups excluding carboxylic acids is 1. The lowest BCUT2D eigenvalue weighted by Gasteiger charge is -2.21. The molecule has 1 aromatic carbocycles. The van der Waals surface area contributed by atoms with Crippen LogP contribution < -0.4 is 5.32 Å². The third kappa shape index (κ3) is 6.32. The molecule has 2 aromatic rings.